The first-order chi connectivity index (χ1) is 18.9. The topological polar surface area (TPSA) is 107 Å². The number of ether oxygens (including phenoxy) is 2. The molecule has 1 aliphatic rings. The van der Waals surface area contributed by atoms with Crippen molar-refractivity contribution >= 4 is 49.7 Å². The molecule has 12 heteroatoms. The molecule has 0 radical (unpaired) electrons. The molecular formula is C29H46BrN5O4Si2. The minimum atomic E-state index is -2.09. The van der Waals surface area contributed by atoms with Crippen LogP contribution in [0, 0.1) is 0 Å². The molecule has 0 spiro atoms. The summed E-state index contributed by atoms with van der Waals surface area (Å²) in [6.07, 6.45) is -0.122. The van der Waals surface area contributed by atoms with Crippen LogP contribution in [-0.4, -0.2) is 55.0 Å². The normalized spacial score (nSPS) is 20.6. The summed E-state index contributed by atoms with van der Waals surface area (Å²) < 4.78 is 28.9. The Morgan fingerprint density at radius 2 is 1.61 bits per heavy atom. The average molecular weight is 665 g/mol. The van der Waals surface area contributed by atoms with Crippen LogP contribution in [0.5, 0.6) is 5.88 Å². The van der Waals surface area contributed by atoms with Crippen molar-refractivity contribution in [1.82, 2.24) is 19.5 Å². The number of nitrogen functional groups attached to an aromatic ring is 1. The Labute approximate surface area is 254 Å². The van der Waals surface area contributed by atoms with E-state index in [9.17, 15) is 0 Å². The molecule has 0 amide bonds. The quantitative estimate of drug-likeness (QED) is 0.186. The first-order valence-electron chi connectivity index (χ1n) is 14.2. The maximum Gasteiger partial charge on any atom is 0.247 e. The summed E-state index contributed by atoms with van der Waals surface area (Å²) in [5.41, 5.74) is 8.25. The molecule has 226 valence electrons. The van der Waals surface area contributed by atoms with Gasteiger partial charge in [-0.05, 0) is 57.8 Å². The Hall–Kier alpha value is -1.84. The molecule has 1 unspecified atom stereocenters. The fourth-order valence-electron chi connectivity index (χ4n) is 4.21. The van der Waals surface area contributed by atoms with E-state index in [1.54, 1.807) is 0 Å². The number of fused-ring (bicyclic) bond motifs is 1. The third-order valence-corrected chi connectivity index (χ3v) is 18.4. The molecule has 2 aromatic heterocycles. The number of imidazole rings is 1. The molecule has 2 N–H and O–H groups in total. The largest absolute Gasteiger partial charge is 0.471 e. The van der Waals surface area contributed by atoms with Gasteiger partial charge in [-0.25, -0.2) is 4.98 Å². The van der Waals surface area contributed by atoms with Crippen LogP contribution < -0.4 is 10.5 Å². The van der Waals surface area contributed by atoms with E-state index in [1.807, 2.05) is 34.9 Å². The zero-order chi connectivity index (χ0) is 30.4. The van der Waals surface area contributed by atoms with Gasteiger partial charge in [0.15, 0.2) is 32.5 Å². The van der Waals surface area contributed by atoms with Gasteiger partial charge in [-0.2, -0.15) is 9.97 Å². The summed E-state index contributed by atoms with van der Waals surface area (Å²) in [6, 6.07) is 9.91. The molecule has 1 aromatic carbocycles. The number of aromatic nitrogens is 4. The molecular weight excluding hydrogens is 618 g/mol. The number of hydrogen-bond donors (Lipinski definition) is 1. The predicted molar refractivity (Wildman–Crippen MR) is 172 cm³/mol. The molecule has 41 heavy (non-hydrogen) atoms. The third-order valence-electron chi connectivity index (χ3n) is 8.84. The Morgan fingerprint density at radius 3 is 2.22 bits per heavy atom. The Balaban J connectivity index is 1.65. The number of nitrogens with two attached hydrogens (primary N) is 1. The van der Waals surface area contributed by atoms with E-state index in [1.165, 1.54) is 0 Å². The van der Waals surface area contributed by atoms with Gasteiger partial charge in [0.2, 0.25) is 11.8 Å². The highest BCUT2D eigenvalue weighted by molar-refractivity contribution is 9.10. The van der Waals surface area contributed by atoms with Gasteiger partial charge in [-0.1, -0.05) is 71.9 Å². The van der Waals surface area contributed by atoms with E-state index in [0.29, 0.717) is 41.4 Å². The Morgan fingerprint density at radius 1 is 0.976 bits per heavy atom. The number of halogens is 1. The van der Waals surface area contributed by atoms with Gasteiger partial charge in [-0.15, -0.1) is 0 Å². The van der Waals surface area contributed by atoms with Gasteiger partial charge in [0.1, 0.15) is 18.9 Å². The van der Waals surface area contributed by atoms with Crippen molar-refractivity contribution in [3.63, 3.8) is 0 Å². The van der Waals surface area contributed by atoms with Crippen molar-refractivity contribution in [2.24, 2.45) is 0 Å². The molecule has 0 aliphatic carbocycles. The number of anilines is 1. The maximum atomic E-state index is 6.96. The molecule has 4 rings (SSSR count). The minimum absolute atomic E-state index is 0.0604. The first-order valence-corrected chi connectivity index (χ1v) is 20.9. The van der Waals surface area contributed by atoms with Gasteiger partial charge in [0, 0.05) is 6.42 Å². The second-order valence-corrected chi connectivity index (χ2v) is 24.2. The zero-order valence-electron chi connectivity index (χ0n) is 26.1. The van der Waals surface area contributed by atoms with E-state index < -0.39 is 16.6 Å². The zero-order valence-corrected chi connectivity index (χ0v) is 29.7. The van der Waals surface area contributed by atoms with Crippen molar-refractivity contribution < 1.29 is 18.3 Å². The van der Waals surface area contributed by atoms with Crippen molar-refractivity contribution in [2.75, 3.05) is 12.3 Å². The van der Waals surface area contributed by atoms with Gasteiger partial charge in [0.05, 0.1) is 12.7 Å². The van der Waals surface area contributed by atoms with Crippen LogP contribution in [0.1, 0.15) is 59.8 Å². The lowest BCUT2D eigenvalue weighted by Gasteiger charge is -2.40. The number of benzene rings is 1. The summed E-state index contributed by atoms with van der Waals surface area (Å²) in [5.74, 6) is 0.444. The molecule has 0 bridgehead atoms. The number of rotatable bonds is 9. The number of nitrogens with zero attached hydrogens (tertiary/aromatic N) is 4. The van der Waals surface area contributed by atoms with E-state index in [4.69, 9.17) is 29.0 Å². The first kappa shape index (κ1) is 32.1. The summed E-state index contributed by atoms with van der Waals surface area (Å²) in [7, 11) is -4.09. The van der Waals surface area contributed by atoms with Crippen LogP contribution in [0.4, 0.5) is 5.95 Å². The molecule has 1 aliphatic heterocycles. The van der Waals surface area contributed by atoms with Gasteiger partial charge >= 0.3 is 0 Å². The molecule has 1 fully saturated rings. The summed E-state index contributed by atoms with van der Waals surface area (Å²) in [6.45, 7) is 23.4. The lowest BCUT2D eigenvalue weighted by atomic mass is 10.2. The van der Waals surface area contributed by atoms with Crippen LogP contribution in [0.3, 0.4) is 0 Å². The molecule has 3 aromatic rings. The highest BCUT2D eigenvalue weighted by Crippen LogP contribution is 2.44. The van der Waals surface area contributed by atoms with Crippen LogP contribution >= 0.6 is 15.9 Å². The fraction of sp³-hybridized carbons (Fsp3) is 0.621. The summed E-state index contributed by atoms with van der Waals surface area (Å²) >= 11 is 3.66. The predicted octanol–water partition coefficient (Wildman–Crippen LogP) is 7.45. The highest BCUT2D eigenvalue weighted by atomic mass is 79.9. The monoisotopic (exact) mass is 663 g/mol. The van der Waals surface area contributed by atoms with Crippen LogP contribution in [-0.2, 0) is 20.2 Å². The molecule has 1 saturated heterocycles. The smallest absolute Gasteiger partial charge is 0.247 e. The van der Waals surface area contributed by atoms with E-state index >= 15 is 0 Å². The van der Waals surface area contributed by atoms with Gasteiger partial charge in [-0.3, -0.25) is 4.57 Å². The van der Waals surface area contributed by atoms with Crippen molar-refractivity contribution in [2.45, 2.75) is 109 Å². The molecule has 3 heterocycles. The SMILES string of the molecule is CC(C)(C)[Si](C)(C)OC[C@H]1O[C@@H](n2c(Br)nc3c(OCc4ccccc4)nc(N)nc32)CC1O[Si](C)(C)C(C)(C)C. The lowest BCUT2D eigenvalue weighted by Crippen LogP contribution is -2.48. The molecule has 9 nitrogen and oxygen atoms in total. The number of hydrogen-bond acceptors (Lipinski definition) is 8. The third kappa shape index (κ3) is 7.05. The Bertz CT molecular complexity index is 1360. The maximum absolute atomic E-state index is 6.96. The van der Waals surface area contributed by atoms with Gasteiger partial charge in [0.25, 0.3) is 0 Å². The highest BCUT2D eigenvalue weighted by Gasteiger charge is 2.47. The molecule has 3 atom stereocenters. The van der Waals surface area contributed by atoms with Gasteiger partial charge < -0.3 is 24.1 Å². The van der Waals surface area contributed by atoms with Crippen LogP contribution in [0.2, 0.25) is 36.3 Å². The second kappa shape index (κ2) is 11.7. The summed E-state index contributed by atoms with van der Waals surface area (Å²) in [5, 5.41) is 0.153. The Kier molecular flexibility index (Phi) is 9.14. The minimum Gasteiger partial charge on any atom is -0.471 e. The molecule has 0 saturated carbocycles. The van der Waals surface area contributed by atoms with Crippen molar-refractivity contribution in [1.29, 1.82) is 0 Å². The van der Waals surface area contributed by atoms with Crippen molar-refractivity contribution in [3.05, 3.63) is 40.6 Å². The average Bonchev–Trinajstić information content (AvgIpc) is 3.39. The standard InChI is InChI=1S/C29H46BrN5O4Si2/c1-28(2,3)40(7,8)37-18-21-20(39-41(9,10)29(4,5)6)16-22(38-21)35-24-23(32-26(35)30)25(34-27(31)33-24)36-17-19-14-12-11-13-15-19/h11-15,20-22H,16-18H2,1-10H3,(H2,31,33,34)/t20?,21-,22-/m1/s1. The van der Waals surface area contributed by atoms with Crippen molar-refractivity contribution in [3.8, 4) is 5.88 Å². The van der Waals surface area contributed by atoms with Crippen LogP contribution in [0.25, 0.3) is 11.2 Å². The summed E-state index contributed by atoms with van der Waals surface area (Å²) in [4.78, 5) is 13.6. The van der Waals surface area contributed by atoms with E-state index in [2.05, 4.69) is 93.6 Å². The van der Waals surface area contributed by atoms with E-state index in [0.717, 1.165) is 5.56 Å². The van der Waals surface area contributed by atoms with E-state index in [-0.39, 0.29) is 34.5 Å². The lowest BCUT2D eigenvalue weighted by molar-refractivity contribution is -0.0391. The van der Waals surface area contributed by atoms with Crippen LogP contribution in [0.15, 0.2) is 35.1 Å². The fourth-order valence-corrected chi connectivity index (χ4v) is 7.16. The second-order valence-electron chi connectivity index (χ2n) is 13.9.